The molecule has 104 valence electrons. The smallest absolute Gasteiger partial charge is 0.278 e. The van der Waals surface area contributed by atoms with Crippen molar-refractivity contribution in [3.63, 3.8) is 0 Å². The number of nitrogens with one attached hydrogen (secondary N) is 1. The van der Waals surface area contributed by atoms with Gasteiger partial charge in [0.1, 0.15) is 0 Å². The molecule has 1 N–H and O–H groups in total. The summed E-state index contributed by atoms with van der Waals surface area (Å²) >= 11 is 0. The summed E-state index contributed by atoms with van der Waals surface area (Å²) in [6.45, 7) is 1.92. The summed E-state index contributed by atoms with van der Waals surface area (Å²) in [4.78, 5) is 0. The molecule has 0 bridgehead atoms. The minimum absolute atomic E-state index is 0.0279. The number of hydrogen-bond acceptors (Lipinski definition) is 2. The number of rotatable bonds is 3. The van der Waals surface area contributed by atoms with Crippen molar-refractivity contribution in [2.45, 2.75) is 13.1 Å². The molecule has 0 atom stereocenters. The van der Waals surface area contributed by atoms with Gasteiger partial charge in [-0.2, -0.15) is 18.3 Å². The second-order valence-electron chi connectivity index (χ2n) is 4.32. The van der Waals surface area contributed by atoms with Crippen molar-refractivity contribution in [1.82, 2.24) is 0 Å². The zero-order valence-electron chi connectivity index (χ0n) is 10.8. The SMILES string of the molecule is Cc1cccc(N/N=C/c2ccccc2C(F)(F)F)c1. The van der Waals surface area contributed by atoms with Gasteiger partial charge in [0, 0.05) is 5.56 Å². The first-order valence-electron chi connectivity index (χ1n) is 5.99. The van der Waals surface area contributed by atoms with Crippen molar-refractivity contribution >= 4 is 11.9 Å². The van der Waals surface area contributed by atoms with Crippen LogP contribution in [0.4, 0.5) is 18.9 Å². The average molecular weight is 278 g/mol. The van der Waals surface area contributed by atoms with Crippen LogP contribution in [0, 0.1) is 6.92 Å². The Labute approximate surface area is 114 Å². The average Bonchev–Trinajstić information content (AvgIpc) is 2.38. The lowest BCUT2D eigenvalue weighted by atomic mass is 10.1. The number of anilines is 1. The normalized spacial score (nSPS) is 11.8. The number of benzene rings is 2. The first-order chi connectivity index (χ1) is 9.47. The number of aryl methyl sites for hydroxylation is 1. The maximum atomic E-state index is 12.8. The summed E-state index contributed by atoms with van der Waals surface area (Å²) < 4.78 is 38.3. The molecule has 2 nitrogen and oxygen atoms in total. The van der Waals surface area contributed by atoms with Gasteiger partial charge in [-0.05, 0) is 30.7 Å². The first-order valence-corrected chi connectivity index (χ1v) is 5.99. The van der Waals surface area contributed by atoms with Gasteiger partial charge in [-0.1, -0.05) is 30.3 Å². The lowest BCUT2D eigenvalue weighted by Crippen LogP contribution is -2.08. The number of hydrazone groups is 1. The van der Waals surface area contributed by atoms with Gasteiger partial charge in [0.05, 0.1) is 17.5 Å². The van der Waals surface area contributed by atoms with Gasteiger partial charge in [0.25, 0.3) is 0 Å². The Kier molecular flexibility index (Phi) is 4.08. The van der Waals surface area contributed by atoms with E-state index in [1.807, 2.05) is 25.1 Å². The van der Waals surface area contributed by atoms with Crippen LogP contribution in [0.25, 0.3) is 0 Å². The molecule has 2 rings (SSSR count). The summed E-state index contributed by atoms with van der Waals surface area (Å²) in [5.74, 6) is 0. The Hall–Kier alpha value is -2.30. The molecule has 0 aliphatic carbocycles. The second kappa shape index (κ2) is 5.77. The minimum Gasteiger partial charge on any atom is -0.278 e. The monoisotopic (exact) mass is 278 g/mol. The molecule has 2 aromatic rings. The first kappa shape index (κ1) is 14.1. The van der Waals surface area contributed by atoms with Gasteiger partial charge < -0.3 is 0 Å². The van der Waals surface area contributed by atoms with Crippen molar-refractivity contribution < 1.29 is 13.2 Å². The van der Waals surface area contributed by atoms with E-state index in [0.717, 1.165) is 17.3 Å². The molecule has 0 saturated carbocycles. The van der Waals surface area contributed by atoms with E-state index in [9.17, 15) is 13.2 Å². The molecule has 0 spiro atoms. The predicted octanol–water partition coefficient (Wildman–Crippen LogP) is 4.46. The third-order valence-electron chi connectivity index (χ3n) is 2.68. The zero-order valence-corrected chi connectivity index (χ0v) is 10.8. The number of alkyl halides is 3. The van der Waals surface area contributed by atoms with E-state index in [1.54, 1.807) is 12.1 Å². The van der Waals surface area contributed by atoms with E-state index >= 15 is 0 Å². The Morgan fingerprint density at radius 1 is 1.05 bits per heavy atom. The molecule has 0 aromatic heterocycles. The lowest BCUT2D eigenvalue weighted by molar-refractivity contribution is -0.137. The molecule has 2 aromatic carbocycles. The molecule has 0 fully saturated rings. The van der Waals surface area contributed by atoms with Crippen molar-refractivity contribution in [1.29, 1.82) is 0 Å². The number of nitrogens with zero attached hydrogens (tertiary/aromatic N) is 1. The molecule has 0 heterocycles. The summed E-state index contributed by atoms with van der Waals surface area (Å²) in [7, 11) is 0. The fraction of sp³-hybridized carbons (Fsp3) is 0.133. The molecule has 20 heavy (non-hydrogen) atoms. The van der Waals surface area contributed by atoms with Crippen molar-refractivity contribution in [2.24, 2.45) is 5.10 Å². The molecular formula is C15H13F3N2. The predicted molar refractivity (Wildman–Crippen MR) is 73.8 cm³/mol. The van der Waals surface area contributed by atoms with Crippen LogP contribution >= 0.6 is 0 Å². The van der Waals surface area contributed by atoms with E-state index in [1.165, 1.54) is 18.3 Å². The van der Waals surface area contributed by atoms with Crippen molar-refractivity contribution in [3.05, 3.63) is 65.2 Å². The Morgan fingerprint density at radius 2 is 1.80 bits per heavy atom. The number of hydrogen-bond donors (Lipinski definition) is 1. The minimum atomic E-state index is -4.38. The van der Waals surface area contributed by atoms with E-state index in [0.29, 0.717) is 0 Å². The van der Waals surface area contributed by atoms with Crippen LogP contribution in [-0.4, -0.2) is 6.21 Å². The highest BCUT2D eigenvalue weighted by Crippen LogP contribution is 2.31. The Bertz CT molecular complexity index is 619. The second-order valence-corrected chi connectivity index (χ2v) is 4.32. The van der Waals surface area contributed by atoms with E-state index in [4.69, 9.17) is 0 Å². The highest BCUT2D eigenvalue weighted by molar-refractivity contribution is 5.82. The van der Waals surface area contributed by atoms with Crippen LogP contribution in [-0.2, 0) is 6.18 Å². The standard InChI is InChI=1S/C15H13F3N2/c1-11-5-4-7-13(9-11)20-19-10-12-6-2-3-8-14(12)15(16,17)18/h2-10,20H,1H3/b19-10+. The molecular weight excluding hydrogens is 265 g/mol. The summed E-state index contributed by atoms with van der Waals surface area (Å²) in [6.07, 6.45) is -3.21. The summed E-state index contributed by atoms with van der Waals surface area (Å²) in [5, 5.41) is 3.85. The fourth-order valence-electron chi connectivity index (χ4n) is 1.76. The summed E-state index contributed by atoms with van der Waals surface area (Å²) in [6, 6.07) is 12.7. The maximum Gasteiger partial charge on any atom is 0.417 e. The Balaban J connectivity index is 2.16. The topological polar surface area (TPSA) is 24.4 Å². The third kappa shape index (κ3) is 3.60. The fourth-order valence-corrected chi connectivity index (χ4v) is 1.76. The van der Waals surface area contributed by atoms with E-state index in [2.05, 4.69) is 10.5 Å². The van der Waals surface area contributed by atoms with Crippen LogP contribution < -0.4 is 5.43 Å². The third-order valence-corrected chi connectivity index (χ3v) is 2.68. The molecule has 0 aliphatic rings. The van der Waals surface area contributed by atoms with Crippen LogP contribution in [0.5, 0.6) is 0 Å². The molecule has 0 saturated heterocycles. The van der Waals surface area contributed by atoms with Crippen LogP contribution in [0.2, 0.25) is 0 Å². The quantitative estimate of drug-likeness (QED) is 0.650. The van der Waals surface area contributed by atoms with E-state index < -0.39 is 11.7 Å². The van der Waals surface area contributed by atoms with Crippen LogP contribution in [0.1, 0.15) is 16.7 Å². The van der Waals surface area contributed by atoms with Crippen LogP contribution in [0.15, 0.2) is 53.6 Å². The molecule has 5 heteroatoms. The van der Waals surface area contributed by atoms with Crippen molar-refractivity contribution in [3.8, 4) is 0 Å². The molecule has 0 aliphatic heterocycles. The van der Waals surface area contributed by atoms with Crippen LogP contribution in [0.3, 0.4) is 0 Å². The summed E-state index contributed by atoms with van der Waals surface area (Å²) in [5.41, 5.74) is 3.81. The highest BCUT2D eigenvalue weighted by Gasteiger charge is 2.32. The Morgan fingerprint density at radius 3 is 2.50 bits per heavy atom. The largest absolute Gasteiger partial charge is 0.417 e. The van der Waals surface area contributed by atoms with Crippen molar-refractivity contribution in [2.75, 3.05) is 5.43 Å². The molecule has 0 unspecified atom stereocenters. The molecule has 0 radical (unpaired) electrons. The van der Waals surface area contributed by atoms with Gasteiger partial charge in [-0.25, -0.2) is 0 Å². The number of halogens is 3. The highest BCUT2D eigenvalue weighted by atomic mass is 19.4. The van der Waals surface area contributed by atoms with Gasteiger partial charge in [-0.15, -0.1) is 0 Å². The lowest BCUT2D eigenvalue weighted by Gasteiger charge is -2.09. The van der Waals surface area contributed by atoms with Gasteiger partial charge in [0.2, 0.25) is 0 Å². The van der Waals surface area contributed by atoms with Gasteiger partial charge >= 0.3 is 6.18 Å². The van der Waals surface area contributed by atoms with E-state index in [-0.39, 0.29) is 5.56 Å². The zero-order chi connectivity index (χ0) is 14.6. The van der Waals surface area contributed by atoms with Gasteiger partial charge in [0.15, 0.2) is 0 Å². The maximum absolute atomic E-state index is 12.8. The van der Waals surface area contributed by atoms with Gasteiger partial charge in [-0.3, -0.25) is 5.43 Å². The molecule has 0 amide bonds.